The van der Waals surface area contributed by atoms with Gasteiger partial charge in [0.1, 0.15) is 6.26 Å². The van der Waals surface area contributed by atoms with E-state index in [-0.39, 0.29) is 29.6 Å². The molecular weight excluding hydrogens is 342 g/mol. The Hall–Kier alpha value is -1.85. The van der Waals surface area contributed by atoms with Gasteiger partial charge in [-0.05, 0) is 39.0 Å². The quantitative estimate of drug-likeness (QED) is 0.659. The molecule has 1 aromatic heterocycles. The highest BCUT2D eigenvalue weighted by molar-refractivity contribution is 5.92. The lowest BCUT2D eigenvalue weighted by atomic mass is 10.0. The molecule has 6 nitrogen and oxygen atoms in total. The zero-order valence-electron chi connectivity index (χ0n) is 17.3. The maximum Gasteiger partial charge on any atom is 0.273 e. The SMILES string of the molecule is CCC(C)NC(=O)c1coc(CN(C(=O)CCC2CCCC2)C(C)CC)n1. The van der Waals surface area contributed by atoms with Crippen LogP contribution in [0, 0.1) is 5.92 Å². The predicted molar refractivity (Wildman–Crippen MR) is 105 cm³/mol. The second kappa shape index (κ2) is 10.5. The number of nitrogens with zero attached hydrogens (tertiary/aromatic N) is 2. The molecule has 6 heteroatoms. The average Bonchev–Trinajstić information content (AvgIpc) is 3.35. The van der Waals surface area contributed by atoms with Crippen molar-refractivity contribution in [3.63, 3.8) is 0 Å². The Morgan fingerprint density at radius 3 is 2.59 bits per heavy atom. The Morgan fingerprint density at radius 2 is 1.96 bits per heavy atom. The van der Waals surface area contributed by atoms with Crippen molar-refractivity contribution < 1.29 is 14.0 Å². The summed E-state index contributed by atoms with van der Waals surface area (Å²) < 4.78 is 5.49. The van der Waals surface area contributed by atoms with Crippen LogP contribution in [0.5, 0.6) is 0 Å². The first-order valence-electron chi connectivity index (χ1n) is 10.5. The van der Waals surface area contributed by atoms with Crippen LogP contribution in [-0.2, 0) is 11.3 Å². The first-order chi connectivity index (χ1) is 12.9. The number of amides is 2. The van der Waals surface area contributed by atoms with Gasteiger partial charge in [-0.15, -0.1) is 0 Å². The zero-order chi connectivity index (χ0) is 19.8. The normalized spacial score (nSPS) is 16.9. The highest BCUT2D eigenvalue weighted by Crippen LogP contribution is 2.29. The van der Waals surface area contributed by atoms with Gasteiger partial charge in [0.2, 0.25) is 11.8 Å². The van der Waals surface area contributed by atoms with Crippen molar-refractivity contribution in [2.45, 2.75) is 97.7 Å². The molecule has 1 saturated carbocycles. The van der Waals surface area contributed by atoms with Gasteiger partial charge in [0.15, 0.2) is 5.69 Å². The van der Waals surface area contributed by atoms with Crippen molar-refractivity contribution in [3.8, 4) is 0 Å². The number of rotatable bonds is 10. The minimum absolute atomic E-state index is 0.0893. The Labute approximate surface area is 163 Å². The number of carbonyl (C=O) groups is 2. The highest BCUT2D eigenvalue weighted by atomic mass is 16.3. The van der Waals surface area contributed by atoms with Crippen LogP contribution in [0.15, 0.2) is 10.7 Å². The standard InChI is InChI=1S/C21H35N3O3/c1-5-15(3)22-21(26)18-14-27-19(23-18)13-24(16(4)6-2)20(25)12-11-17-9-7-8-10-17/h14-17H,5-13H2,1-4H3,(H,22,26). The maximum absolute atomic E-state index is 12.8. The Kier molecular flexibility index (Phi) is 8.32. The van der Waals surface area contributed by atoms with Crippen LogP contribution in [-0.4, -0.2) is 33.8 Å². The minimum atomic E-state index is -0.234. The van der Waals surface area contributed by atoms with Crippen LogP contribution < -0.4 is 5.32 Å². The van der Waals surface area contributed by atoms with Gasteiger partial charge >= 0.3 is 0 Å². The molecule has 0 aromatic carbocycles. The fourth-order valence-corrected chi connectivity index (χ4v) is 3.51. The molecule has 0 spiro atoms. The van der Waals surface area contributed by atoms with Gasteiger partial charge in [-0.3, -0.25) is 9.59 Å². The summed E-state index contributed by atoms with van der Waals surface area (Å²) in [6.45, 7) is 8.40. The Morgan fingerprint density at radius 1 is 1.26 bits per heavy atom. The van der Waals surface area contributed by atoms with E-state index in [2.05, 4.69) is 17.2 Å². The van der Waals surface area contributed by atoms with Crippen molar-refractivity contribution >= 4 is 11.8 Å². The van der Waals surface area contributed by atoms with Crippen LogP contribution in [0.1, 0.15) is 95.4 Å². The van der Waals surface area contributed by atoms with E-state index >= 15 is 0 Å². The van der Waals surface area contributed by atoms with E-state index in [1.807, 2.05) is 25.7 Å². The molecule has 1 fully saturated rings. The second-order valence-electron chi connectivity index (χ2n) is 7.88. The van der Waals surface area contributed by atoms with Crippen LogP contribution >= 0.6 is 0 Å². The molecule has 1 aromatic rings. The molecule has 1 aliphatic carbocycles. The molecule has 2 unspecified atom stereocenters. The molecule has 2 rings (SSSR count). The van der Waals surface area contributed by atoms with E-state index in [0.29, 0.717) is 24.8 Å². The molecule has 1 aliphatic rings. The van der Waals surface area contributed by atoms with Gasteiger partial charge in [-0.2, -0.15) is 0 Å². The number of aromatic nitrogens is 1. The number of hydrogen-bond acceptors (Lipinski definition) is 4. The zero-order valence-corrected chi connectivity index (χ0v) is 17.3. The van der Waals surface area contributed by atoms with Crippen LogP contribution in [0.4, 0.5) is 0 Å². The molecule has 2 atom stereocenters. The summed E-state index contributed by atoms with van der Waals surface area (Å²) >= 11 is 0. The fraction of sp³-hybridized carbons (Fsp3) is 0.762. The summed E-state index contributed by atoms with van der Waals surface area (Å²) in [7, 11) is 0. The summed E-state index contributed by atoms with van der Waals surface area (Å²) in [5.41, 5.74) is 0.271. The monoisotopic (exact) mass is 377 g/mol. The van der Waals surface area contributed by atoms with E-state index in [9.17, 15) is 9.59 Å². The van der Waals surface area contributed by atoms with Crippen LogP contribution in [0.2, 0.25) is 0 Å². The maximum atomic E-state index is 12.8. The third kappa shape index (κ3) is 6.36. The number of hydrogen-bond donors (Lipinski definition) is 1. The number of carbonyl (C=O) groups excluding carboxylic acids is 2. The molecule has 2 amide bonds. The molecule has 0 aliphatic heterocycles. The van der Waals surface area contributed by atoms with Gasteiger partial charge in [0.05, 0.1) is 6.54 Å². The largest absolute Gasteiger partial charge is 0.446 e. The molecular formula is C21H35N3O3. The van der Waals surface area contributed by atoms with Gasteiger partial charge in [-0.1, -0.05) is 39.5 Å². The Bertz CT molecular complexity index is 608. The smallest absolute Gasteiger partial charge is 0.273 e. The van der Waals surface area contributed by atoms with Crippen molar-refractivity contribution in [1.82, 2.24) is 15.2 Å². The summed E-state index contributed by atoms with van der Waals surface area (Å²) in [5, 5.41) is 2.88. The average molecular weight is 378 g/mol. The van der Waals surface area contributed by atoms with Gasteiger partial charge in [-0.25, -0.2) is 4.98 Å². The summed E-state index contributed by atoms with van der Waals surface area (Å²) in [5.74, 6) is 1.03. The van der Waals surface area contributed by atoms with E-state index in [0.717, 1.165) is 19.3 Å². The second-order valence-corrected chi connectivity index (χ2v) is 7.88. The molecule has 152 valence electrons. The van der Waals surface area contributed by atoms with E-state index in [4.69, 9.17) is 4.42 Å². The van der Waals surface area contributed by atoms with Gasteiger partial charge < -0.3 is 14.6 Å². The van der Waals surface area contributed by atoms with Crippen LogP contribution in [0.25, 0.3) is 0 Å². The van der Waals surface area contributed by atoms with E-state index < -0.39 is 0 Å². The first kappa shape index (κ1) is 21.5. The summed E-state index contributed by atoms with van der Waals surface area (Å²) in [6, 6.07) is 0.205. The van der Waals surface area contributed by atoms with Gasteiger partial charge in [0.25, 0.3) is 5.91 Å². The Balaban J connectivity index is 1.96. The minimum Gasteiger partial charge on any atom is -0.446 e. The summed E-state index contributed by atoms with van der Waals surface area (Å²) in [6.07, 6.45) is 9.76. The molecule has 0 bridgehead atoms. The fourth-order valence-electron chi connectivity index (χ4n) is 3.51. The van der Waals surface area contributed by atoms with Crippen molar-refractivity contribution in [2.75, 3.05) is 0 Å². The number of oxazole rings is 1. The molecule has 1 N–H and O–H groups in total. The molecule has 0 radical (unpaired) electrons. The highest BCUT2D eigenvalue weighted by Gasteiger charge is 2.24. The third-order valence-electron chi connectivity index (χ3n) is 5.76. The van der Waals surface area contributed by atoms with Crippen LogP contribution in [0.3, 0.4) is 0 Å². The van der Waals surface area contributed by atoms with E-state index in [1.165, 1.54) is 31.9 Å². The summed E-state index contributed by atoms with van der Waals surface area (Å²) in [4.78, 5) is 31.1. The van der Waals surface area contributed by atoms with Crippen molar-refractivity contribution in [2.24, 2.45) is 5.92 Å². The lowest BCUT2D eigenvalue weighted by Crippen LogP contribution is -2.38. The molecule has 27 heavy (non-hydrogen) atoms. The van der Waals surface area contributed by atoms with Crippen molar-refractivity contribution in [1.29, 1.82) is 0 Å². The molecule has 1 heterocycles. The first-order valence-corrected chi connectivity index (χ1v) is 10.5. The predicted octanol–water partition coefficient (Wildman–Crippen LogP) is 4.30. The van der Waals surface area contributed by atoms with Gasteiger partial charge in [0, 0.05) is 18.5 Å². The third-order valence-corrected chi connectivity index (χ3v) is 5.76. The lowest BCUT2D eigenvalue weighted by molar-refractivity contribution is -0.134. The lowest BCUT2D eigenvalue weighted by Gasteiger charge is -2.28. The molecule has 0 saturated heterocycles. The van der Waals surface area contributed by atoms with Crippen molar-refractivity contribution in [3.05, 3.63) is 17.8 Å². The number of nitrogens with one attached hydrogen (secondary N) is 1. The topological polar surface area (TPSA) is 75.4 Å². The van der Waals surface area contributed by atoms with E-state index in [1.54, 1.807) is 0 Å².